The maximum Gasteiger partial charge on any atom is 0.0656 e. The lowest BCUT2D eigenvalue weighted by molar-refractivity contribution is 1.20. The summed E-state index contributed by atoms with van der Waals surface area (Å²) in [4.78, 5) is 0. The highest BCUT2D eigenvalue weighted by atomic mass is 35.5. The van der Waals surface area contributed by atoms with Crippen molar-refractivity contribution in [3.05, 3.63) is 22.7 Å². The number of halogens is 1. The van der Waals surface area contributed by atoms with E-state index < -0.39 is 0 Å². The predicted molar refractivity (Wildman–Crippen MR) is 54.8 cm³/mol. The van der Waals surface area contributed by atoms with Crippen LogP contribution in [0.3, 0.4) is 0 Å². The van der Waals surface area contributed by atoms with Gasteiger partial charge in [0.15, 0.2) is 0 Å². The topological polar surface area (TPSA) is 38.0 Å². The molecular formula is C9H13ClN2. The Morgan fingerprint density at radius 2 is 2.17 bits per heavy atom. The van der Waals surface area contributed by atoms with E-state index in [1.165, 1.54) is 0 Å². The van der Waals surface area contributed by atoms with Crippen molar-refractivity contribution in [2.75, 3.05) is 17.6 Å². The van der Waals surface area contributed by atoms with E-state index in [1.54, 1.807) is 0 Å². The van der Waals surface area contributed by atoms with Crippen LogP contribution < -0.4 is 11.1 Å². The van der Waals surface area contributed by atoms with Crippen molar-refractivity contribution < 1.29 is 0 Å². The summed E-state index contributed by atoms with van der Waals surface area (Å²) in [5.41, 5.74) is 8.44. The second-order valence-corrected chi connectivity index (χ2v) is 3.13. The first-order valence-corrected chi connectivity index (χ1v) is 4.32. The Hall–Kier alpha value is -0.890. The lowest BCUT2D eigenvalue weighted by atomic mass is 10.2. The highest BCUT2D eigenvalue weighted by molar-refractivity contribution is 6.33. The molecule has 0 radical (unpaired) electrons. The molecule has 0 aliphatic rings. The normalized spacial score (nSPS) is 9.92. The average Bonchev–Trinajstić information content (AvgIpc) is 2.01. The van der Waals surface area contributed by atoms with Crippen molar-refractivity contribution in [2.45, 2.75) is 13.8 Å². The smallest absolute Gasteiger partial charge is 0.0656 e. The summed E-state index contributed by atoms with van der Waals surface area (Å²) in [6.45, 7) is 4.94. The zero-order chi connectivity index (χ0) is 9.14. The highest BCUT2D eigenvalue weighted by Gasteiger charge is 2.01. The van der Waals surface area contributed by atoms with Crippen molar-refractivity contribution in [3.63, 3.8) is 0 Å². The van der Waals surface area contributed by atoms with Crippen molar-refractivity contribution >= 4 is 23.0 Å². The summed E-state index contributed by atoms with van der Waals surface area (Å²) in [5, 5.41) is 3.81. The fourth-order valence-electron chi connectivity index (χ4n) is 1.08. The summed E-state index contributed by atoms with van der Waals surface area (Å²) in [6, 6.07) is 3.73. The first kappa shape index (κ1) is 9.20. The third-order valence-electron chi connectivity index (χ3n) is 1.71. The highest BCUT2D eigenvalue weighted by Crippen LogP contribution is 2.26. The minimum atomic E-state index is 0.608. The van der Waals surface area contributed by atoms with E-state index in [-0.39, 0.29) is 0 Å². The summed E-state index contributed by atoms with van der Waals surface area (Å²) < 4.78 is 0. The molecule has 0 unspecified atom stereocenters. The third kappa shape index (κ3) is 1.83. The minimum Gasteiger partial charge on any atom is -0.398 e. The van der Waals surface area contributed by atoms with Crippen molar-refractivity contribution in [1.82, 2.24) is 0 Å². The number of nitrogens with one attached hydrogen (secondary N) is 1. The van der Waals surface area contributed by atoms with E-state index in [2.05, 4.69) is 5.32 Å². The quantitative estimate of drug-likeness (QED) is 0.694. The second-order valence-electron chi connectivity index (χ2n) is 2.72. The second kappa shape index (κ2) is 3.68. The van der Waals surface area contributed by atoms with Gasteiger partial charge in [0.2, 0.25) is 0 Å². The van der Waals surface area contributed by atoms with E-state index in [0.717, 1.165) is 17.8 Å². The van der Waals surface area contributed by atoms with Crippen LogP contribution in [0.15, 0.2) is 12.1 Å². The lowest BCUT2D eigenvalue weighted by Crippen LogP contribution is -1.99. The fraction of sp³-hybridized carbons (Fsp3) is 0.333. The predicted octanol–water partition coefficient (Wildman–Crippen LogP) is 2.66. The summed E-state index contributed by atoms with van der Waals surface area (Å²) in [6.07, 6.45) is 0. The van der Waals surface area contributed by atoms with E-state index >= 15 is 0 Å². The van der Waals surface area contributed by atoms with Crippen LogP contribution in [-0.4, -0.2) is 6.54 Å². The molecule has 0 spiro atoms. The standard InChI is InChI=1S/C9H13ClN2/c1-3-12-9-5-7(10)8(11)4-6(9)2/h4-5,12H,3,11H2,1-2H3. The van der Waals surface area contributed by atoms with E-state index in [4.69, 9.17) is 17.3 Å². The summed E-state index contributed by atoms with van der Waals surface area (Å²) in [7, 11) is 0. The molecule has 1 rings (SSSR count). The Kier molecular flexibility index (Phi) is 2.82. The molecule has 0 aliphatic carbocycles. The van der Waals surface area contributed by atoms with Crippen LogP contribution in [0, 0.1) is 6.92 Å². The molecule has 12 heavy (non-hydrogen) atoms. The Morgan fingerprint density at radius 3 is 2.75 bits per heavy atom. The van der Waals surface area contributed by atoms with Crippen LogP contribution in [0.1, 0.15) is 12.5 Å². The van der Waals surface area contributed by atoms with E-state index in [1.807, 2.05) is 26.0 Å². The molecule has 0 bridgehead atoms. The third-order valence-corrected chi connectivity index (χ3v) is 2.04. The van der Waals surface area contributed by atoms with Gasteiger partial charge in [-0.05, 0) is 31.5 Å². The molecule has 0 aromatic heterocycles. The summed E-state index contributed by atoms with van der Waals surface area (Å²) >= 11 is 5.86. The van der Waals surface area contributed by atoms with Crippen LogP contribution >= 0.6 is 11.6 Å². The molecule has 0 atom stereocenters. The van der Waals surface area contributed by atoms with Gasteiger partial charge in [0.25, 0.3) is 0 Å². The average molecular weight is 185 g/mol. The van der Waals surface area contributed by atoms with Gasteiger partial charge in [-0.3, -0.25) is 0 Å². The molecular weight excluding hydrogens is 172 g/mol. The minimum absolute atomic E-state index is 0.608. The molecule has 0 saturated heterocycles. The Morgan fingerprint density at radius 1 is 1.50 bits per heavy atom. The van der Waals surface area contributed by atoms with Crippen molar-refractivity contribution in [1.29, 1.82) is 0 Å². The largest absolute Gasteiger partial charge is 0.398 e. The molecule has 66 valence electrons. The van der Waals surface area contributed by atoms with E-state index in [0.29, 0.717) is 10.7 Å². The lowest BCUT2D eigenvalue weighted by Gasteiger charge is -2.09. The van der Waals surface area contributed by atoms with Gasteiger partial charge < -0.3 is 11.1 Å². The van der Waals surface area contributed by atoms with Crippen molar-refractivity contribution in [3.8, 4) is 0 Å². The number of rotatable bonds is 2. The van der Waals surface area contributed by atoms with Crippen LogP contribution in [0.2, 0.25) is 5.02 Å². The molecule has 0 aliphatic heterocycles. The van der Waals surface area contributed by atoms with Gasteiger partial charge in [-0.1, -0.05) is 11.6 Å². The van der Waals surface area contributed by atoms with Gasteiger partial charge in [0.1, 0.15) is 0 Å². The van der Waals surface area contributed by atoms with Crippen LogP contribution in [0.5, 0.6) is 0 Å². The van der Waals surface area contributed by atoms with Crippen LogP contribution in [0.25, 0.3) is 0 Å². The van der Waals surface area contributed by atoms with Crippen molar-refractivity contribution in [2.24, 2.45) is 0 Å². The molecule has 3 N–H and O–H groups in total. The van der Waals surface area contributed by atoms with Gasteiger partial charge >= 0.3 is 0 Å². The Balaban J connectivity index is 3.05. The molecule has 2 nitrogen and oxygen atoms in total. The first-order valence-electron chi connectivity index (χ1n) is 3.94. The van der Waals surface area contributed by atoms with Crippen LogP contribution in [-0.2, 0) is 0 Å². The zero-order valence-electron chi connectivity index (χ0n) is 7.32. The number of hydrogen-bond donors (Lipinski definition) is 2. The number of aryl methyl sites for hydroxylation is 1. The molecule has 1 aromatic carbocycles. The van der Waals surface area contributed by atoms with Crippen LogP contribution in [0.4, 0.5) is 11.4 Å². The number of nitrogens with two attached hydrogens (primary N) is 1. The number of nitrogen functional groups attached to an aromatic ring is 1. The fourth-order valence-corrected chi connectivity index (χ4v) is 1.25. The van der Waals surface area contributed by atoms with Gasteiger partial charge in [-0.2, -0.15) is 0 Å². The monoisotopic (exact) mass is 184 g/mol. The Bertz CT molecular complexity index is 284. The first-order chi connectivity index (χ1) is 5.65. The SMILES string of the molecule is CCNc1cc(Cl)c(N)cc1C. The molecule has 0 saturated carbocycles. The number of anilines is 2. The molecule has 0 heterocycles. The van der Waals surface area contributed by atoms with E-state index in [9.17, 15) is 0 Å². The number of benzene rings is 1. The maximum atomic E-state index is 5.86. The maximum absolute atomic E-state index is 5.86. The Labute approximate surface area is 77.7 Å². The molecule has 0 fully saturated rings. The zero-order valence-corrected chi connectivity index (χ0v) is 8.07. The van der Waals surface area contributed by atoms with Gasteiger partial charge in [-0.15, -0.1) is 0 Å². The van der Waals surface area contributed by atoms with Gasteiger partial charge in [-0.25, -0.2) is 0 Å². The van der Waals surface area contributed by atoms with Gasteiger partial charge in [0.05, 0.1) is 10.7 Å². The number of hydrogen-bond acceptors (Lipinski definition) is 2. The molecule has 1 aromatic rings. The molecule has 0 amide bonds. The summed E-state index contributed by atoms with van der Waals surface area (Å²) in [5.74, 6) is 0. The molecule has 3 heteroatoms. The van der Waals surface area contributed by atoms with Gasteiger partial charge in [0, 0.05) is 12.2 Å².